The number of aryl methyl sites for hydroxylation is 2. The van der Waals surface area contributed by atoms with E-state index in [2.05, 4.69) is 15.5 Å². The minimum atomic E-state index is -0.736. The van der Waals surface area contributed by atoms with Gasteiger partial charge in [-0.3, -0.25) is 9.59 Å². The van der Waals surface area contributed by atoms with Gasteiger partial charge in [-0.25, -0.2) is 9.36 Å². The Morgan fingerprint density at radius 3 is 2.66 bits per heavy atom. The van der Waals surface area contributed by atoms with E-state index in [1.54, 1.807) is 41.9 Å². The van der Waals surface area contributed by atoms with Gasteiger partial charge in [-0.05, 0) is 45.0 Å². The van der Waals surface area contributed by atoms with Crippen LogP contribution in [0, 0.1) is 13.8 Å². The van der Waals surface area contributed by atoms with E-state index in [9.17, 15) is 9.59 Å². The van der Waals surface area contributed by atoms with Crippen LogP contribution in [0.3, 0.4) is 0 Å². The zero-order chi connectivity index (χ0) is 21.0. The minimum absolute atomic E-state index is 0.219. The lowest BCUT2D eigenvalue weighted by molar-refractivity contribution is -0.127. The molecule has 0 spiro atoms. The fraction of sp³-hybridized carbons (Fsp3) is 0.300. The Bertz CT molecular complexity index is 1080. The van der Waals surface area contributed by atoms with Gasteiger partial charge < -0.3 is 10.1 Å². The number of hydrogen-bond donors (Lipinski definition) is 1. The molecule has 1 atom stereocenters. The summed E-state index contributed by atoms with van der Waals surface area (Å²) in [6, 6.07) is 11.9. The molecule has 0 radical (unpaired) electrons. The number of nitrogens with zero attached hydrogens (tertiary/aromatic N) is 4. The largest absolute Gasteiger partial charge is 0.479 e. The SMILES string of the molecule is Cc1cc(C)n(-c2ccc(=O)n(CCNC(=O)C(C)Oc3ccccc3Cl)n2)n1. The summed E-state index contributed by atoms with van der Waals surface area (Å²) in [5, 5.41) is 11.9. The van der Waals surface area contributed by atoms with Crippen molar-refractivity contribution in [1.82, 2.24) is 24.9 Å². The van der Waals surface area contributed by atoms with Crippen LogP contribution < -0.4 is 15.6 Å². The van der Waals surface area contributed by atoms with Crippen LogP contribution in [0.15, 0.2) is 47.3 Å². The van der Waals surface area contributed by atoms with Crippen molar-refractivity contribution in [3.63, 3.8) is 0 Å². The van der Waals surface area contributed by atoms with Gasteiger partial charge in [-0.15, -0.1) is 5.10 Å². The van der Waals surface area contributed by atoms with E-state index in [4.69, 9.17) is 16.3 Å². The number of para-hydroxylation sites is 1. The molecule has 1 amide bonds. The molecule has 29 heavy (non-hydrogen) atoms. The lowest BCUT2D eigenvalue weighted by Crippen LogP contribution is -2.39. The molecule has 0 aliphatic carbocycles. The molecule has 9 heteroatoms. The summed E-state index contributed by atoms with van der Waals surface area (Å²) >= 11 is 6.04. The van der Waals surface area contributed by atoms with E-state index in [1.807, 2.05) is 19.9 Å². The monoisotopic (exact) mass is 415 g/mol. The lowest BCUT2D eigenvalue weighted by Gasteiger charge is -2.15. The van der Waals surface area contributed by atoms with Crippen LogP contribution in [0.2, 0.25) is 5.02 Å². The number of hydrogen-bond acceptors (Lipinski definition) is 5. The molecule has 0 saturated carbocycles. The molecule has 0 fully saturated rings. The maximum absolute atomic E-state index is 12.3. The summed E-state index contributed by atoms with van der Waals surface area (Å²) in [7, 11) is 0. The summed E-state index contributed by atoms with van der Waals surface area (Å²) in [6.07, 6.45) is -0.736. The zero-order valence-corrected chi connectivity index (χ0v) is 17.2. The lowest BCUT2D eigenvalue weighted by atomic mass is 10.3. The van der Waals surface area contributed by atoms with Crippen molar-refractivity contribution in [3.05, 3.63) is 69.2 Å². The van der Waals surface area contributed by atoms with E-state index < -0.39 is 6.10 Å². The molecule has 0 aliphatic heterocycles. The number of ether oxygens (including phenoxy) is 1. The van der Waals surface area contributed by atoms with Crippen molar-refractivity contribution >= 4 is 17.5 Å². The normalized spacial score (nSPS) is 11.9. The number of aromatic nitrogens is 4. The third kappa shape index (κ3) is 5.03. The van der Waals surface area contributed by atoms with Crippen molar-refractivity contribution in [3.8, 4) is 11.6 Å². The number of carbonyl (C=O) groups excluding carboxylic acids is 1. The number of nitrogens with one attached hydrogen (secondary N) is 1. The summed E-state index contributed by atoms with van der Waals surface area (Å²) in [4.78, 5) is 24.4. The molecule has 1 N–H and O–H groups in total. The van der Waals surface area contributed by atoms with Gasteiger partial charge in [0.2, 0.25) is 0 Å². The average Bonchev–Trinajstić information content (AvgIpc) is 3.03. The zero-order valence-electron chi connectivity index (χ0n) is 16.4. The highest BCUT2D eigenvalue weighted by Crippen LogP contribution is 2.24. The summed E-state index contributed by atoms with van der Waals surface area (Å²) in [5.74, 6) is 0.664. The number of benzene rings is 1. The first-order valence-corrected chi connectivity index (χ1v) is 9.53. The fourth-order valence-electron chi connectivity index (χ4n) is 2.79. The quantitative estimate of drug-likeness (QED) is 0.639. The van der Waals surface area contributed by atoms with Crippen LogP contribution >= 0.6 is 11.6 Å². The van der Waals surface area contributed by atoms with E-state index in [-0.39, 0.29) is 24.6 Å². The molecule has 2 aromatic heterocycles. The Morgan fingerprint density at radius 1 is 1.21 bits per heavy atom. The number of halogens is 1. The maximum Gasteiger partial charge on any atom is 0.266 e. The Labute approximate surface area is 173 Å². The van der Waals surface area contributed by atoms with Gasteiger partial charge in [-0.1, -0.05) is 23.7 Å². The van der Waals surface area contributed by atoms with Crippen molar-refractivity contribution in [1.29, 1.82) is 0 Å². The molecule has 2 heterocycles. The Morgan fingerprint density at radius 2 is 1.97 bits per heavy atom. The Balaban J connectivity index is 1.60. The first-order chi connectivity index (χ1) is 13.8. The molecule has 8 nitrogen and oxygen atoms in total. The van der Waals surface area contributed by atoms with Crippen LogP contribution in [0.4, 0.5) is 0 Å². The average molecular weight is 416 g/mol. The van der Waals surface area contributed by atoms with Crippen LogP contribution in [0.5, 0.6) is 5.75 Å². The molecule has 3 aromatic rings. The highest BCUT2D eigenvalue weighted by atomic mass is 35.5. The summed E-state index contributed by atoms with van der Waals surface area (Å²) in [5.41, 5.74) is 1.52. The molecule has 0 bridgehead atoms. The minimum Gasteiger partial charge on any atom is -0.479 e. The van der Waals surface area contributed by atoms with Crippen molar-refractivity contribution in [2.24, 2.45) is 0 Å². The second-order valence-electron chi connectivity index (χ2n) is 6.57. The van der Waals surface area contributed by atoms with Gasteiger partial charge in [0.05, 0.1) is 17.3 Å². The first kappa shape index (κ1) is 20.6. The smallest absolute Gasteiger partial charge is 0.266 e. The first-order valence-electron chi connectivity index (χ1n) is 9.16. The van der Waals surface area contributed by atoms with Gasteiger partial charge in [0.25, 0.3) is 11.5 Å². The predicted octanol–water partition coefficient (Wildman–Crippen LogP) is 2.28. The van der Waals surface area contributed by atoms with Gasteiger partial charge in [-0.2, -0.15) is 5.10 Å². The van der Waals surface area contributed by atoms with Crippen molar-refractivity contribution < 1.29 is 9.53 Å². The standard InChI is InChI=1S/C20H22ClN5O3/c1-13-12-14(2)26(23-13)18-8-9-19(27)25(24-18)11-10-22-20(28)15(3)29-17-7-5-4-6-16(17)21/h4-9,12,15H,10-11H2,1-3H3,(H,22,28). The van der Waals surface area contributed by atoms with Gasteiger partial charge in [0.1, 0.15) is 5.75 Å². The van der Waals surface area contributed by atoms with E-state index in [1.165, 1.54) is 10.7 Å². The molecular formula is C20H22ClN5O3. The topological polar surface area (TPSA) is 91.0 Å². The van der Waals surface area contributed by atoms with Crippen molar-refractivity contribution in [2.75, 3.05) is 6.54 Å². The second kappa shape index (κ2) is 8.91. The van der Waals surface area contributed by atoms with Crippen LogP contribution in [-0.2, 0) is 11.3 Å². The number of rotatable bonds is 7. The Kier molecular flexibility index (Phi) is 6.33. The van der Waals surface area contributed by atoms with Gasteiger partial charge >= 0.3 is 0 Å². The predicted molar refractivity (Wildman–Crippen MR) is 110 cm³/mol. The van der Waals surface area contributed by atoms with Crippen molar-refractivity contribution in [2.45, 2.75) is 33.4 Å². The molecule has 0 aliphatic rings. The van der Waals surface area contributed by atoms with Gasteiger partial charge in [0, 0.05) is 18.3 Å². The fourth-order valence-corrected chi connectivity index (χ4v) is 2.97. The molecule has 1 unspecified atom stereocenters. The van der Waals surface area contributed by atoms with Crippen LogP contribution in [0.1, 0.15) is 18.3 Å². The Hall–Kier alpha value is -3.13. The highest BCUT2D eigenvalue weighted by molar-refractivity contribution is 6.32. The van der Waals surface area contributed by atoms with E-state index in [0.29, 0.717) is 16.6 Å². The van der Waals surface area contributed by atoms with Crippen LogP contribution in [-0.4, -0.2) is 38.1 Å². The molecule has 0 saturated heterocycles. The molecule has 3 rings (SSSR count). The number of carbonyl (C=O) groups is 1. The summed E-state index contributed by atoms with van der Waals surface area (Å²) in [6.45, 7) is 5.88. The van der Waals surface area contributed by atoms with E-state index >= 15 is 0 Å². The van der Waals surface area contributed by atoms with Crippen LogP contribution in [0.25, 0.3) is 5.82 Å². The molecule has 152 valence electrons. The number of amides is 1. The second-order valence-corrected chi connectivity index (χ2v) is 6.98. The third-order valence-electron chi connectivity index (χ3n) is 4.21. The highest BCUT2D eigenvalue weighted by Gasteiger charge is 2.15. The maximum atomic E-state index is 12.3. The van der Waals surface area contributed by atoms with E-state index in [0.717, 1.165) is 11.4 Å². The molecular weight excluding hydrogens is 394 g/mol. The third-order valence-corrected chi connectivity index (χ3v) is 4.52. The van der Waals surface area contributed by atoms with Gasteiger partial charge in [0.15, 0.2) is 11.9 Å². The summed E-state index contributed by atoms with van der Waals surface area (Å²) < 4.78 is 8.55. The molecule has 1 aromatic carbocycles.